The van der Waals surface area contributed by atoms with E-state index in [1.165, 1.54) is 0 Å². The predicted octanol–water partition coefficient (Wildman–Crippen LogP) is 2.42. The zero-order valence-corrected chi connectivity index (χ0v) is 14.3. The van der Waals surface area contributed by atoms with E-state index >= 15 is 0 Å². The highest BCUT2D eigenvalue weighted by molar-refractivity contribution is 5.92. The first-order valence-electron chi connectivity index (χ1n) is 8.12. The lowest BCUT2D eigenvalue weighted by molar-refractivity contribution is 0.0945. The van der Waals surface area contributed by atoms with E-state index in [4.69, 9.17) is 4.74 Å². The second-order valence-electron chi connectivity index (χ2n) is 5.54. The molecule has 2 heterocycles. The van der Waals surface area contributed by atoms with Crippen LogP contribution < -0.4 is 15.4 Å². The van der Waals surface area contributed by atoms with E-state index < -0.39 is 0 Å². The van der Waals surface area contributed by atoms with E-state index in [2.05, 4.69) is 25.8 Å². The maximum atomic E-state index is 12.1. The van der Waals surface area contributed by atoms with Crippen LogP contribution in [0.5, 0.6) is 5.75 Å². The van der Waals surface area contributed by atoms with Crippen molar-refractivity contribution < 1.29 is 9.53 Å². The summed E-state index contributed by atoms with van der Waals surface area (Å²) in [6.45, 7) is 1.02. The zero-order chi connectivity index (χ0) is 18.2. The number of hydrogen-bond acceptors (Lipinski definition) is 6. The van der Waals surface area contributed by atoms with Crippen molar-refractivity contribution in [3.05, 3.63) is 77.7 Å². The van der Waals surface area contributed by atoms with Crippen LogP contribution in [0.25, 0.3) is 0 Å². The molecular weight excluding hydrogens is 330 g/mol. The Balaban J connectivity index is 1.51. The highest BCUT2D eigenvalue weighted by atomic mass is 16.5. The third kappa shape index (κ3) is 4.76. The number of carbonyl (C=O) groups is 1. The molecule has 0 radical (unpaired) electrons. The Morgan fingerprint density at radius 1 is 0.923 bits per heavy atom. The fourth-order valence-corrected chi connectivity index (χ4v) is 2.26. The Hall–Kier alpha value is -3.48. The molecule has 3 rings (SSSR count). The zero-order valence-electron chi connectivity index (χ0n) is 14.3. The molecule has 26 heavy (non-hydrogen) atoms. The van der Waals surface area contributed by atoms with Gasteiger partial charge in [0.05, 0.1) is 7.11 Å². The molecule has 0 aliphatic heterocycles. The number of nitrogens with one attached hydrogen (secondary N) is 2. The van der Waals surface area contributed by atoms with Crippen molar-refractivity contribution >= 4 is 11.7 Å². The van der Waals surface area contributed by atoms with Crippen molar-refractivity contribution in [2.45, 2.75) is 13.1 Å². The minimum atomic E-state index is -0.268. The molecule has 0 aliphatic carbocycles. The molecule has 0 atom stereocenters. The topological polar surface area (TPSA) is 89.0 Å². The molecule has 0 bridgehead atoms. The molecule has 132 valence electrons. The maximum absolute atomic E-state index is 12.1. The molecule has 7 heteroatoms. The van der Waals surface area contributed by atoms with Crippen molar-refractivity contribution in [1.29, 1.82) is 0 Å². The lowest BCUT2D eigenvalue weighted by Crippen LogP contribution is -2.24. The first-order valence-corrected chi connectivity index (χ1v) is 8.12. The highest BCUT2D eigenvalue weighted by Crippen LogP contribution is 2.12. The van der Waals surface area contributed by atoms with E-state index in [1.807, 2.05) is 36.4 Å². The molecule has 3 aromatic rings. The molecule has 1 aromatic carbocycles. The molecule has 2 N–H and O–H groups in total. The molecule has 0 saturated carbocycles. The van der Waals surface area contributed by atoms with Gasteiger partial charge in [0.2, 0.25) is 0 Å². The summed E-state index contributed by atoms with van der Waals surface area (Å²) < 4.78 is 5.13. The van der Waals surface area contributed by atoms with E-state index in [0.29, 0.717) is 18.9 Å². The van der Waals surface area contributed by atoms with Gasteiger partial charge in [0.25, 0.3) is 5.91 Å². The number of nitrogens with zero attached hydrogens (tertiary/aromatic N) is 3. The van der Waals surface area contributed by atoms with Gasteiger partial charge in [-0.2, -0.15) is 0 Å². The first-order chi connectivity index (χ1) is 12.7. The number of aromatic nitrogens is 3. The molecule has 0 spiro atoms. The Morgan fingerprint density at radius 2 is 1.65 bits per heavy atom. The molecule has 0 saturated heterocycles. The normalized spacial score (nSPS) is 10.2. The van der Waals surface area contributed by atoms with Crippen molar-refractivity contribution in [3.8, 4) is 5.75 Å². The van der Waals surface area contributed by atoms with Crippen LogP contribution in [0, 0.1) is 0 Å². The van der Waals surface area contributed by atoms with Crippen molar-refractivity contribution in [2.24, 2.45) is 0 Å². The van der Waals surface area contributed by atoms with Gasteiger partial charge in [-0.15, -0.1) is 10.2 Å². The van der Waals surface area contributed by atoms with Crippen LogP contribution in [0.15, 0.2) is 60.9 Å². The fourth-order valence-electron chi connectivity index (χ4n) is 2.26. The van der Waals surface area contributed by atoms with Crippen LogP contribution >= 0.6 is 0 Å². The van der Waals surface area contributed by atoms with E-state index in [-0.39, 0.29) is 11.6 Å². The summed E-state index contributed by atoms with van der Waals surface area (Å²) in [7, 11) is 1.64. The van der Waals surface area contributed by atoms with Crippen molar-refractivity contribution in [3.63, 3.8) is 0 Å². The quantitative estimate of drug-likeness (QED) is 0.681. The second kappa shape index (κ2) is 8.57. The van der Waals surface area contributed by atoms with Gasteiger partial charge in [0.15, 0.2) is 5.69 Å². The number of amides is 1. The number of rotatable bonds is 7. The summed E-state index contributed by atoms with van der Waals surface area (Å²) in [5, 5.41) is 14.0. The van der Waals surface area contributed by atoms with E-state index in [0.717, 1.165) is 16.9 Å². The minimum Gasteiger partial charge on any atom is -0.497 e. The molecule has 0 aliphatic rings. The highest BCUT2D eigenvalue weighted by Gasteiger charge is 2.08. The first kappa shape index (κ1) is 17.3. The Bertz CT molecular complexity index is 836. The van der Waals surface area contributed by atoms with Gasteiger partial charge in [0.1, 0.15) is 11.6 Å². The van der Waals surface area contributed by atoms with E-state index in [9.17, 15) is 4.79 Å². The summed E-state index contributed by atoms with van der Waals surface area (Å²) in [6.07, 6.45) is 3.37. The maximum Gasteiger partial charge on any atom is 0.272 e. The predicted molar refractivity (Wildman–Crippen MR) is 97.8 cm³/mol. The summed E-state index contributed by atoms with van der Waals surface area (Å²) in [5.41, 5.74) is 2.33. The Kier molecular flexibility index (Phi) is 5.72. The van der Waals surface area contributed by atoms with Crippen LogP contribution in [0.1, 0.15) is 21.6 Å². The number of pyridine rings is 1. The summed E-state index contributed by atoms with van der Waals surface area (Å²) in [5.74, 6) is 1.15. The van der Waals surface area contributed by atoms with Gasteiger partial charge >= 0.3 is 0 Å². The number of anilines is 1. The standard InChI is InChI=1S/C19H19N5O2/c1-26-16-4-2-14(3-5-16)12-21-18-7-6-17(23-24-18)19(25)22-13-15-8-10-20-11-9-15/h2-11H,12-13H2,1H3,(H,21,24)(H,22,25). The molecule has 0 fully saturated rings. The Labute approximate surface area is 151 Å². The van der Waals surface area contributed by atoms with Gasteiger partial charge in [-0.1, -0.05) is 12.1 Å². The van der Waals surface area contributed by atoms with Gasteiger partial charge in [-0.3, -0.25) is 9.78 Å². The van der Waals surface area contributed by atoms with Crippen LogP contribution in [-0.2, 0) is 13.1 Å². The fraction of sp³-hybridized carbons (Fsp3) is 0.158. The molecule has 2 aromatic heterocycles. The van der Waals surface area contributed by atoms with Crippen molar-refractivity contribution in [2.75, 3.05) is 12.4 Å². The van der Waals surface area contributed by atoms with Crippen LogP contribution in [0.3, 0.4) is 0 Å². The molecule has 7 nitrogen and oxygen atoms in total. The number of methoxy groups -OCH3 is 1. The largest absolute Gasteiger partial charge is 0.497 e. The molecule has 0 unspecified atom stereocenters. The van der Waals surface area contributed by atoms with Gasteiger partial charge in [0, 0.05) is 25.5 Å². The Morgan fingerprint density at radius 3 is 2.31 bits per heavy atom. The van der Waals surface area contributed by atoms with Gasteiger partial charge in [-0.25, -0.2) is 0 Å². The minimum absolute atomic E-state index is 0.268. The molecule has 1 amide bonds. The SMILES string of the molecule is COc1ccc(CNc2ccc(C(=O)NCc3ccncc3)nn2)cc1. The third-order valence-corrected chi connectivity index (χ3v) is 3.73. The third-order valence-electron chi connectivity index (χ3n) is 3.73. The van der Waals surface area contributed by atoms with Gasteiger partial charge in [-0.05, 0) is 47.5 Å². The summed E-state index contributed by atoms with van der Waals surface area (Å²) in [6, 6.07) is 14.8. The van der Waals surface area contributed by atoms with Gasteiger partial charge < -0.3 is 15.4 Å². The smallest absolute Gasteiger partial charge is 0.272 e. The van der Waals surface area contributed by atoms with Crippen molar-refractivity contribution in [1.82, 2.24) is 20.5 Å². The molecular formula is C19H19N5O2. The number of benzene rings is 1. The number of hydrogen-bond donors (Lipinski definition) is 2. The summed E-state index contributed by atoms with van der Waals surface area (Å²) >= 11 is 0. The lowest BCUT2D eigenvalue weighted by atomic mass is 10.2. The lowest BCUT2D eigenvalue weighted by Gasteiger charge is -2.07. The summed E-state index contributed by atoms with van der Waals surface area (Å²) in [4.78, 5) is 16.0. The average molecular weight is 349 g/mol. The average Bonchev–Trinajstić information content (AvgIpc) is 2.72. The monoisotopic (exact) mass is 349 g/mol. The number of carbonyl (C=O) groups excluding carboxylic acids is 1. The van der Waals surface area contributed by atoms with Crippen LogP contribution in [0.4, 0.5) is 5.82 Å². The van der Waals surface area contributed by atoms with E-state index in [1.54, 1.807) is 31.6 Å². The number of ether oxygens (including phenoxy) is 1. The van der Waals surface area contributed by atoms with Crippen LogP contribution in [-0.4, -0.2) is 28.2 Å². The van der Waals surface area contributed by atoms with Crippen LogP contribution in [0.2, 0.25) is 0 Å². The second-order valence-corrected chi connectivity index (χ2v) is 5.54.